The second-order valence-corrected chi connectivity index (χ2v) is 5.85. The van der Waals surface area contributed by atoms with E-state index in [1.54, 1.807) is 11.0 Å². The maximum Gasteiger partial charge on any atom is 0.254 e. The Balaban J connectivity index is 2.27. The van der Waals surface area contributed by atoms with Gasteiger partial charge in [0.2, 0.25) is 0 Å². The average molecular weight is 340 g/mol. The van der Waals surface area contributed by atoms with Gasteiger partial charge in [0.05, 0.1) is 6.04 Å². The van der Waals surface area contributed by atoms with E-state index < -0.39 is 0 Å². The quantitative estimate of drug-likeness (QED) is 0.376. The van der Waals surface area contributed by atoms with Crippen LogP contribution in [0.15, 0.2) is 27.8 Å². The number of piperidine rings is 1. The van der Waals surface area contributed by atoms with Crippen LogP contribution in [-0.2, 0) is 0 Å². The fourth-order valence-corrected chi connectivity index (χ4v) is 2.82. The molecule has 1 aliphatic rings. The summed E-state index contributed by atoms with van der Waals surface area (Å²) < 4.78 is 0.903. The Morgan fingerprint density at radius 2 is 2.25 bits per heavy atom. The number of hydrogen-bond acceptors (Lipinski definition) is 3. The van der Waals surface area contributed by atoms with Gasteiger partial charge in [0.15, 0.2) is 5.84 Å². The summed E-state index contributed by atoms with van der Waals surface area (Å²) in [5.74, 6) is 0.0197. The molecule has 20 heavy (non-hydrogen) atoms. The maximum atomic E-state index is 12.6. The van der Waals surface area contributed by atoms with Crippen LogP contribution in [0.5, 0.6) is 0 Å². The number of halogens is 1. The zero-order valence-corrected chi connectivity index (χ0v) is 12.9. The van der Waals surface area contributed by atoms with Crippen LogP contribution in [-0.4, -0.2) is 34.4 Å². The predicted molar refractivity (Wildman–Crippen MR) is 81.0 cm³/mol. The first-order valence-corrected chi connectivity index (χ1v) is 7.38. The van der Waals surface area contributed by atoms with Crippen LogP contribution in [0.2, 0.25) is 0 Å². The SMILES string of the molecule is Cc1ccc(C(=O)N2CCCCC2/C(N)=N/O)cc1Br. The van der Waals surface area contributed by atoms with Gasteiger partial charge in [0.1, 0.15) is 0 Å². The number of amides is 1. The lowest BCUT2D eigenvalue weighted by atomic mass is 9.99. The van der Waals surface area contributed by atoms with E-state index in [1.807, 2.05) is 19.1 Å². The minimum atomic E-state index is -0.318. The highest BCUT2D eigenvalue weighted by atomic mass is 79.9. The van der Waals surface area contributed by atoms with Gasteiger partial charge >= 0.3 is 0 Å². The van der Waals surface area contributed by atoms with Gasteiger partial charge < -0.3 is 15.8 Å². The average Bonchev–Trinajstić information content (AvgIpc) is 2.48. The number of amidine groups is 1. The van der Waals surface area contributed by atoms with Crippen molar-refractivity contribution >= 4 is 27.7 Å². The van der Waals surface area contributed by atoms with E-state index in [-0.39, 0.29) is 17.8 Å². The van der Waals surface area contributed by atoms with Crippen LogP contribution in [0.25, 0.3) is 0 Å². The normalized spacial score (nSPS) is 20.0. The Bertz CT molecular complexity index is 545. The molecule has 1 aromatic carbocycles. The highest BCUT2D eigenvalue weighted by Crippen LogP contribution is 2.23. The molecule has 0 aromatic heterocycles. The molecule has 2 rings (SSSR count). The molecule has 108 valence electrons. The molecule has 1 fully saturated rings. The van der Waals surface area contributed by atoms with Gasteiger partial charge in [-0.1, -0.05) is 27.2 Å². The number of oxime groups is 1. The van der Waals surface area contributed by atoms with Crippen molar-refractivity contribution in [1.82, 2.24) is 4.90 Å². The summed E-state index contributed by atoms with van der Waals surface area (Å²) in [5.41, 5.74) is 7.39. The van der Waals surface area contributed by atoms with E-state index in [1.165, 1.54) is 0 Å². The van der Waals surface area contributed by atoms with Crippen molar-refractivity contribution in [2.24, 2.45) is 10.9 Å². The van der Waals surface area contributed by atoms with Crippen LogP contribution in [0.4, 0.5) is 0 Å². The van der Waals surface area contributed by atoms with E-state index in [0.717, 1.165) is 29.3 Å². The molecule has 6 heteroatoms. The topological polar surface area (TPSA) is 78.9 Å². The van der Waals surface area contributed by atoms with Crippen LogP contribution in [0.1, 0.15) is 35.2 Å². The Labute approximate surface area is 126 Å². The second-order valence-electron chi connectivity index (χ2n) is 5.00. The van der Waals surface area contributed by atoms with Crippen LogP contribution in [0, 0.1) is 6.92 Å². The Morgan fingerprint density at radius 3 is 2.90 bits per heavy atom. The molecule has 0 saturated carbocycles. The number of hydrogen-bond donors (Lipinski definition) is 2. The van der Waals surface area contributed by atoms with Gasteiger partial charge in [-0.3, -0.25) is 4.79 Å². The maximum absolute atomic E-state index is 12.6. The fraction of sp³-hybridized carbons (Fsp3) is 0.429. The lowest BCUT2D eigenvalue weighted by Gasteiger charge is -2.34. The van der Waals surface area contributed by atoms with Crippen molar-refractivity contribution in [2.75, 3.05) is 6.54 Å². The van der Waals surface area contributed by atoms with Gasteiger partial charge in [-0.2, -0.15) is 0 Å². The molecule has 1 aliphatic heterocycles. The van der Waals surface area contributed by atoms with E-state index in [9.17, 15) is 4.79 Å². The summed E-state index contributed by atoms with van der Waals surface area (Å²) >= 11 is 3.44. The highest BCUT2D eigenvalue weighted by Gasteiger charge is 2.30. The molecule has 0 aliphatic carbocycles. The number of benzene rings is 1. The standard InChI is InChI=1S/C14H18BrN3O2/c1-9-5-6-10(8-11(9)15)14(19)18-7-3-2-4-12(18)13(16)17-20/h5-6,8,12,20H,2-4,7H2,1H3,(H2,16,17). The molecule has 1 aromatic rings. The molecule has 5 nitrogen and oxygen atoms in total. The fourth-order valence-electron chi connectivity index (χ4n) is 2.44. The third-order valence-corrected chi connectivity index (χ3v) is 4.49. The van der Waals surface area contributed by atoms with E-state index in [2.05, 4.69) is 21.1 Å². The molecule has 0 radical (unpaired) electrons. The molecule has 1 atom stereocenters. The smallest absolute Gasteiger partial charge is 0.254 e. The predicted octanol–water partition coefficient (Wildman–Crippen LogP) is 2.50. The summed E-state index contributed by atoms with van der Waals surface area (Å²) in [7, 11) is 0. The zero-order valence-electron chi connectivity index (χ0n) is 11.3. The van der Waals surface area contributed by atoms with Crippen molar-refractivity contribution < 1.29 is 10.0 Å². The minimum Gasteiger partial charge on any atom is -0.409 e. The molecular weight excluding hydrogens is 322 g/mol. The molecule has 0 spiro atoms. The van der Waals surface area contributed by atoms with E-state index in [0.29, 0.717) is 12.1 Å². The lowest BCUT2D eigenvalue weighted by Crippen LogP contribution is -2.50. The summed E-state index contributed by atoms with van der Waals surface area (Å²) in [6.45, 7) is 2.60. The van der Waals surface area contributed by atoms with Crippen molar-refractivity contribution in [2.45, 2.75) is 32.2 Å². The van der Waals surface area contributed by atoms with Crippen LogP contribution in [0.3, 0.4) is 0 Å². The van der Waals surface area contributed by atoms with Crippen molar-refractivity contribution in [3.8, 4) is 0 Å². The lowest BCUT2D eigenvalue weighted by molar-refractivity contribution is 0.0676. The number of nitrogens with zero attached hydrogens (tertiary/aromatic N) is 2. The van der Waals surface area contributed by atoms with Crippen molar-refractivity contribution in [1.29, 1.82) is 0 Å². The van der Waals surface area contributed by atoms with E-state index >= 15 is 0 Å². The number of carbonyl (C=O) groups is 1. The number of aryl methyl sites for hydroxylation is 1. The zero-order chi connectivity index (χ0) is 14.7. The Kier molecular flexibility index (Phi) is 4.65. The molecule has 0 bridgehead atoms. The first-order chi connectivity index (χ1) is 9.54. The number of carbonyl (C=O) groups excluding carboxylic acids is 1. The number of likely N-dealkylation sites (tertiary alicyclic amines) is 1. The summed E-state index contributed by atoms with van der Waals surface area (Å²) in [6.07, 6.45) is 2.64. The second kappa shape index (κ2) is 6.26. The molecule has 1 heterocycles. The summed E-state index contributed by atoms with van der Waals surface area (Å²) in [4.78, 5) is 14.3. The molecule has 3 N–H and O–H groups in total. The van der Waals surface area contributed by atoms with Gasteiger partial charge in [0.25, 0.3) is 5.91 Å². The molecule has 1 saturated heterocycles. The summed E-state index contributed by atoms with van der Waals surface area (Å²) in [5, 5.41) is 11.9. The van der Waals surface area contributed by atoms with Gasteiger partial charge in [-0.25, -0.2) is 0 Å². The van der Waals surface area contributed by atoms with Crippen LogP contribution >= 0.6 is 15.9 Å². The largest absolute Gasteiger partial charge is 0.409 e. The third kappa shape index (κ3) is 2.95. The third-order valence-electron chi connectivity index (χ3n) is 3.64. The Morgan fingerprint density at radius 1 is 1.50 bits per heavy atom. The monoisotopic (exact) mass is 339 g/mol. The van der Waals surface area contributed by atoms with E-state index in [4.69, 9.17) is 10.9 Å². The van der Waals surface area contributed by atoms with Gasteiger partial charge in [-0.15, -0.1) is 0 Å². The van der Waals surface area contributed by atoms with Gasteiger partial charge in [-0.05, 0) is 43.9 Å². The molecule has 1 unspecified atom stereocenters. The van der Waals surface area contributed by atoms with Crippen molar-refractivity contribution in [3.63, 3.8) is 0 Å². The first-order valence-electron chi connectivity index (χ1n) is 6.59. The minimum absolute atomic E-state index is 0.0815. The number of rotatable bonds is 2. The Hall–Kier alpha value is -1.56. The van der Waals surface area contributed by atoms with Crippen LogP contribution < -0.4 is 5.73 Å². The van der Waals surface area contributed by atoms with Crippen molar-refractivity contribution in [3.05, 3.63) is 33.8 Å². The molecular formula is C14H18BrN3O2. The molecule has 1 amide bonds. The summed E-state index contributed by atoms with van der Waals surface area (Å²) in [6, 6.07) is 5.21. The number of nitrogens with two attached hydrogens (primary N) is 1. The highest BCUT2D eigenvalue weighted by molar-refractivity contribution is 9.10. The van der Waals surface area contributed by atoms with Gasteiger partial charge in [0, 0.05) is 16.6 Å². The first kappa shape index (κ1) is 14.8.